The number of aryl methyl sites for hydroxylation is 1. The summed E-state index contributed by atoms with van der Waals surface area (Å²) in [7, 11) is 0. The average Bonchev–Trinajstić information content (AvgIpc) is 2.61. The zero-order valence-electron chi connectivity index (χ0n) is 13.4. The van der Waals surface area contributed by atoms with Crippen LogP contribution >= 0.6 is 0 Å². The second-order valence-electron chi connectivity index (χ2n) is 5.62. The lowest BCUT2D eigenvalue weighted by molar-refractivity contribution is -0.141. The molecule has 1 fully saturated rings. The van der Waals surface area contributed by atoms with E-state index in [4.69, 9.17) is 13.9 Å². The molecule has 0 bridgehead atoms. The van der Waals surface area contributed by atoms with E-state index in [0.29, 0.717) is 25.5 Å². The largest absolute Gasteiger partial charge is 0.477 e. The Bertz CT molecular complexity index is 756. The molecular formula is C18H19NO5. The van der Waals surface area contributed by atoms with Gasteiger partial charge in [-0.25, -0.2) is 0 Å². The maximum atomic E-state index is 12.3. The van der Waals surface area contributed by atoms with Gasteiger partial charge in [-0.3, -0.25) is 9.59 Å². The molecule has 1 atom stereocenters. The second-order valence-corrected chi connectivity index (χ2v) is 5.62. The van der Waals surface area contributed by atoms with E-state index in [2.05, 4.69) is 0 Å². The van der Waals surface area contributed by atoms with E-state index in [-0.39, 0.29) is 29.8 Å². The van der Waals surface area contributed by atoms with Crippen LogP contribution in [-0.2, 0) is 9.53 Å². The summed E-state index contributed by atoms with van der Waals surface area (Å²) in [5, 5.41) is 0. The SMILES string of the molecule is Cc1cc(=O)c(OCC(=O)N2CCO[C@H](c3ccccc3)C2)co1. The normalized spacial score (nSPS) is 17.5. The highest BCUT2D eigenvalue weighted by molar-refractivity contribution is 5.77. The fourth-order valence-corrected chi connectivity index (χ4v) is 2.58. The van der Waals surface area contributed by atoms with Gasteiger partial charge in [-0.05, 0) is 12.5 Å². The first kappa shape index (κ1) is 16.3. The summed E-state index contributed by atoms with van der Waals surface area (Å²) in [5.74, 6) is 0.360. The molecule has 0 aliphatic carbocycles. The van der Waals surface area contributed by atoms with E-state index in [1.54, 1.807) is 11.8 Å². The fourth-order valence-electron chi connectivity index (χ4n) is 2.58. The summed E-state index contributed by atoms with van der Waals surface area (Å²) in [6.07, 6.45) is 1.09. The highest BCUT2D eigenvalue weighted by atomic mass is 16.5. The Labute approximate surface area is 139 Å². The molecule has 1 aliphatic heterocycles. The number of carbonyl (C=O) groups is 1. The van der Waals surface area contributed by atoms with Crippen LogP contribution in [0.2, 0.25) is 0 Å². The first-order chi connectivity index (χ1) is 11.6. The summed E-state index contributed by atoms with van der Waals surface area (Å²) >= 11 is 0. The molecule has 2 aromatic rings. The van der Waals surface area contributed by atoms with E-state index in [1.165, 1.54) is 12.3 Å². The predicted octanol–water partition coefficient (Wildman–Crippen LogP) is 1.93. The van der Waals surface area contributed by atoms with Gasteiger partial charge < -0.3 is 18.8 Å². The summed E-state index contributed by atoms with van der Waals surface area (Å²) < 4.78 is 16.2. The van der Waals surface area contributed by atoms with Crippen LogP contribution in [0, 0.1) is 6.92 Å². The van der Waals surface area contributed by atoms with Gasteiger partial charge in [0, 0.05) is 12.6 Å². The molecule has 2 heterocycles. The second kappa shape index (κ2) is 7.31. The van der Waals surface area contributed by atoms with Crippen molar-refractivity contribution in [1.29, 1.82) is 0 Å². The zero-order chi connectivity index (χ0) is 16.9. The van der Waals surface area contributed by atoms with Crippen LogP contribution in [0.15, 0.2) is 51.9 Å². The average molecular weight is 329 g/mol. The number of hydrogen-bond acceptors (Lipinski definition) is 5. The summed E-state index contributed by atoms with van der Waals surface area (Å²) in [6.45, 7) is 2.92. The highest BCUT2D eigenvalue weighted by Gasteiger charge is 2.25. The van der Waals surface area contributed by atoms with Crippen molar-refractivity contribution in [2.75, 3.05) is 26.3 Å². The molecule has 0 saturated carbocycles. The minimum Gasteiger partial charge on any atom is -0.477 e. The quantitative estimate of drug-likeness (QED) is 0.857. The molecule has 0 spiro atoms. The van der Waals surface area contributed by atoms with Crippen LogP contribution in [0.5, 0.6) is 5.75 Å². The summed E-state index contributed by atoms with van der Waals surface area (Å²) in [4.78, 5) is 25.8. The maximum absolute atomic E-state index is 12.3. The number of amides is 1. The van der Waals surface area contributed by atoms with Gasteiger partial charge in [0.25, 0.3) is 5.91 Å². The van der Waals surface area contributed by atoms with Crippen LogP contribution in [0.4, 0.5) is 0 Å². The number of ether oxygens (including phenoxy) is 2. The fraction of sp³-hybridized carbons (Fsp3) is 0.333. The van der Waals surface area contributed by atoms with Crippen molar-refractivity contribution >= 4 is 5.91 Å². The van der Waals surface area contributed by atoms with Gasteiger partial charge in [0.1, 0.15) is 18.1 Å². The number of rotatable bonds is 4. The third kappa shape index (κ3) is 3.83. The lowest BCUT2D eigenvalue weighted by atomic mass is 10.1. The van der Waals surface area contributed by atoms with Gasteiger partial charge in [0.05, 0.1) is 13.2 Å². The standard InChI is InChI=1S/C18H19NO5/c1-13-9-15(20)17(11-23-13)24-12-18(21)19-7-8-22-16(10-19)14-5-3-2-4-6-14/h2-6,9,11,16H,7-8,10,12H2,1H3/t16-/m0/s1. The van der Waals surface area contributed by atoms with E-state index >= 15 is 0 Å². The van der Waals surface area contributed by atoms with Crippen molar-refractivity contribution in [3.05, 3.63) is 64.2 Å². The van der Waals surface area contributed by atoms with Crippen LogP contribution in [0.25, 0.3) is 0 Å². The van der Waals surface area contributed by atoms with Crippen molar-refractivity contribution in [3.63, 3.8) is 0 Å². The van der Waals surface area contributed by atoms with E-state index < -0.39 is 0 Å². The minimum atomic E-state index is -0.296. The van der Waals surface area contributed by atoms with E-state index in [1.807, 2.05) is 30.3 Å². The van der Waals surface area contributed by atoms with Crippen LogP contribution in [0.1, 0.15) is 17.4 Å². The Kier molecular flexibility index (Phi) is 4.96. The van der Waals surface area contributed by atoms with Crippen molar-refractivity contribution < 1.29 is 18.7 Å². The van der Waals surface area contributed by atoms with Gasteiger partial charge >= 0.3 is 0 Å². The Balaban J connectivity index is 1.59. The minimum absolute atomic E-state index is 0.0434. The molecule has 0 unspecified atom stereocenters. The Morgan fingerprint density at radius 2 is 2.12 bits per heavy atom. The highest BCUT2D eigenvalue weighted by Crippen LogP contribution is 2.22. The van der Waals surface area contributed by atoms with Crippen LogP contribution < -0.4 is 10.2 Å². The third-order valence-corrected chi connectivity index (χ3v) is 3.87. The summed E-state index contributed by atoms with van der Waals surface area (Å²) in [5.41, 5.74) is 0.741. The Morgan fingerprint density at radius 3 is 2.88 bits per heavy atom. The number of carbonyl (C=O) groups excluding carboxylic acids is 1. The molecule has 6 heteroatoms. The van der Waals surface area contributed by atoms with Gasteiger partial charge in [-0.15, -0.1) is 0 Å². The predicted molar refractivity (Wildman–Crippen MR) is 86.9 cm³/mol. The molecule has 0 N–H and O–H groups in total. The topological polar surface area (TPSA) is 69.0 Å². The Morgan fingerprint density at radius 1 is 1.33 bits per heavy atom. The maximum Gasteiger partial charge on any atom is 0.260 e. The van der Waals surface area contributed by atoms with Gasteiger partial charge in [0.2, 0.25) is 11.2 Å². The first-order valence-corrected chi connectivity index (χ1v) is 7.80. The molecule has 1 aromatic heterocycles. The van der Waals surface area contributed by atoms with Crippen LogP contribution in [-0.4, -0.2) is 37.1 Å². The van der Waals surface area contributed by atoms with Gasteiger partial charge in [-0.2, -0.15) is 0 Å². The smallest absolute Gasteiger partial charge is 0.260 e. The molecule has 6 nitrogen and oxygen atoms in total. The monoisotopic (exact) mass is 329 g/mol. The molecule has 0 radical (unpaired) electrons. The summed E-state index contributed by atoms with van der Waals surface area (Å²) in [6, 6.07) is 11.1. The molecule has 1 amide bonds. The van der Waals surface area contributed by atoms with Gasteiger partial charge in [-0.1, -0.05) is 30.3 Å². The van der Waals surface area contributed by atoms with Crippen molar-refractivity contribution in [2.24, 2.45) is 0 Å². The zero-order valence-corrected chi connectivity index (χ0v) is 13.4. The van der Waals surface area contributed by atoms with E-state index in [0.717, 1.165) is 5.56 Å². The molecule has 1 aliphatic rings. The Hall–Kier alpha value is -2.60. The third-order valence-electron chi connectivity index (χ3n) is 3.87. The molecule has 3 rings (SSSR count). The lowest BCUT2D eigenvalue weighted by Crippen LogP contribution is -2.44. The van der Waals surface area contributed by atoms with Gasteiger partial charge in [0.15, 0.2) is 6.61 Å². The van der Waals surface area contributed by atoms with Crippen molar-refractivity contribution in [3.8, 4) is 5.75 Å². The molecular weight excluding hydrogens is 310 g/mol. The van der Waals surface area contributed by atoms with E-state index in [9.17, 15) is 9.59 Å². The lowest BCUT2D eigenvalue weighted by Gasteiger charge is -2.33. The van der Waals surface area contributed by atoms with Crippen molar-refractivity contribution in [1.82, 2.24) is 4.90 Å². The van der Waals surface area contributed by atoms with Crippen LogP contribution in [0.3, 0.4) is 0 Å². The number of hydrogen-bond donors (Lipinski definition) is 0. The number of morpholine rings is 1. The molecule has 24 heavy (non-hydrogen) atoms. The molecule has 1 aromatic carbocycles. The molecule has 126 valence electrons. The first-order valence-electron chi connectivity index (χ1n) is 7.80. The number of nitrogens with zero attached hydrogens (tertiary/aromatic N) is 1. The number of benzene rings is 1. The van der Waals surface area contributed by atoms with Crippen molar-refractivity contribution in [2.45, 2.75) is 13.0 Å². The molecule has 1 saturated heterocycles.